The van der Waals surface area contributed by atoms with Gasteiger partial charge in [-0.05, 0) is 57.8 Å². The molecule has 60 heavy (non-hydrogen) atoms. The van der Waals surface area contributed by atoms with Crippen molar-refractivity contribution in [3.05, 3.63) is 60.8 Å². The van der Waals surface area contributed by atoms with Crippen LogP contribution in [-0.4, -0.2) is 68.5 Å². The van der Waals surface area contributed by atoms with Crippen LogP contribution in [0.25, 0.3) is 0 Å². The number of nitrogens with one attached hydrogen (secondary N) is 1. The van der Waals surface area contributed by atoms with Crippen LogP contribution in [0.1, 0.15) is 206 Å². The molecule has 0 bridgehead atoms. The van der Waals surface area contributed by atoms with Crippen LogP contribution in [-0.2, 0) is 18.4 Å². The lowest BCUT2D eigenvalue weighted by molar-refractivity contribution is -0.870. The third kappa shape index (κ3) is 44.3. The van der Waals surface area contributed by atoms with Gasteiger partial charge >= 0.3 is 0 Å². The quantitative estimate of drug-likeness (QED) is 0.0273. The molecule has 0 fully saturated rings. The molecule has 0 heterocycles. The molecule has 0 aliphatic carbocycles. The molecule has 9 heteroatoms. The summed E-state index contributed by atoms with van der Waals surface area (Å²) in [7, 11) is 1.27. The number of quaternary nitrogens is 1. The van der Waals surface area contributed by atoms with E-state index >= 15 is 0 Å². The molecule has 0 aromatic heterocycles. The van der Waals surface area contributed by atoms with Gasteiger partial charge in [0.2, 0.25) is 5.91 Å². The molecule has 0 aromatic rings. The number of amides is 1. The Morgan fingerprint density at radius 3 is 1.47 bits per heavy atom. The Bertz CT molecular complexity index is 1160. The van der Waals surface area contributed by atoms with Gasteiger partial charge in [0.15, 0.2) is 0 Å². The number of unbranched alkanes of at least 4 members (excludes halogenated alkanes) is 21. The number of carbonyl (C=O) groups is 1. The van der Waals surface area contributed by atoms with E-state index in [1.807, 2.05) is 21.1 Å². The maximum atomic E-state index is 12.9. The van der Waals surface area contributed by atoms with Crippen LogP contribution >= 0.6 is 7.82 Å². The smallest absolute Gasteiger partial charge is 0.268 e. The number of carbonyl (C=O) groups excluding carboxylic acids is 1. The standard InChI is InChI=1S/C51H95N2O6P/c1-6-8-10-12-14-16-18-20-22-24-26-28-30-32-34-36-38-40-42-44-50(54)49(48-59-60(56,57)58-47-46-53(3,4)5)52-51(55)45-43-41-39-37-35-33-31-29-27-25-23-21-19-17-15-13-11-9-7-2/h9,11,15,17,21,23,27,29,33,35,49-50,54H,6-8,10,12-14,16,18-20,22,24-26,28,30-32,34,36-48H2,1-5H3,(H-,52,55,56,57)/b11-9-,17-15-,23-21-,29-27-,35-33-. The number of hydrogen-bond donors (Lipinski definition) is 2. The number of likely N-dealkylation sites (N-methyl/N-ethyl adjacent to an activating group) is 1. The van der Waals surface area contributed by atoms with E-state index in [2.05, 4.69) is 79.9 Å². The molecular formula is C51H95N2O6P. The zero-order valence-corrected chi connectivity index (χ0v) is 40.5. The van der Waals surface area contributed by atoms with E-state index in [0.29, 0.717) is 23.9 Å². The van der Waals surface area contributed by atoms with Crippen LogP contribution in [0.2, 0.25) is 0 Å². The summed E-state index contributed by atoms with van der Waals surface area (Å²) in [5.74, 6) is -0.197. The number of rotatable bonds is 44. The third-order valence-electron chi connectivity index (χ3n) is 10.8. The van der Waals surface area contributed by atoms with Gasteiger partial charge in [0.25, 0.3) is 7.82 Å². The normalized spacial score (nSPS) is 14.7. The summed E-state index contributed by atoms with van der Waals surface area (Å²) in [6, 6.07) is -0.821. The molecule has 0 saturated carbocycles. The molecule has 0 aliphatic heterocycles. The van der Waals surface area contributed by atoms with E-state index in [9.17, 15) is 19.4 Å². The minimum absolute atomic E-state index is 0.00281. The number of aliphatic hydroxyl groups excluding tert-OH is 1. The number of hydrogen-bond acceptors (Lipinski definition) is 6. The summed E-state index contributed by atoms with van der Waals surface area (Å²) in [5.41, 5.74) is 0. The van der Waals surface area contributed by atoms with E-state index in [-0.39, 0.29) is 19.1 Å². The average Bonchev–Trinajstić information content (AvgIpc) is 3.20. The highest BCUT2D eigenvalue weighted by molar-refractivity contribution is 7.45. The second-order valence-electron chi connectivity index (χ2n) is 17.8. The zero-order valence-electron chi connectivity index (χ0n) is 39.6. The zero-order chi connectivity index (χ0) is 44.3. The van der Waals surface area contributed by atoms with Crippen molar-refractivity contribution in [2.75, 3.05) is 40.9 Å². The fourth-order valence-electron chi connectivity index (χ4n) is 6.89. The highest BCUT2D eigenvalue weighted by Crippen LogP contribution is 2.38. The molecular weight excluding hydrogens is 768 g/mol. The predicted octanol–water partition coefficient (Wildman–Crippen LogP) is 13.6. The largest absolute Gasteiger partial charge is 0.756 e. The molecule has 3 atom stereocenters. The first-order chi connectivity index (χ1) is 29.0. The lowest BCUT2D eigenvalue weighted by Crippen LogP contribution is -2.46. The number of phosphoric acid groups is 1. The number of phosphoric ester groups is 1. The molecule has 0 spiro atoms. The highest BCUT2D eigenvalue weighted by atomic mass is 31.2. The molecule has 0 rings (SSSR count). The SMILES string of the molecule is CC/C=C\C/C=C\C/C=C\C/C=C\C/C=C\CCCCCC(=O)NC(COP(=O)([O-])OCC[N+](C)(C)C)C(O)CCCCCCCCCCCCCCCCCCCCC. The van der Waals surface area contributed by atoms with Gasteiger partial charge in [-0.25, -0.2) is 0 Å². The van der Waals surface area contributed by atoms with Crippen molar-refractivity contribution in [1.82, 2.24) is 5.32 Å². The van der Waals surface area contributed by atoms with Gasteiger partial charge in [0.05, 0.1) is 39.9 Å². The Hall–Kier alpha value is -1.80. The molecule has 1 amide bonds. The molecule has 3 unspecified atom stereocenters. The van der Waals surface area contributed by atoms with Crippen LogP contribution in [0, 0.1) is 0 Å². The molecule has 350 valence electrons. The second kappa shape index (κ2) is 42.5. The Morgan fingerprint density at radius 1 is 0.600 bits per heavy atom. The van der Waals surface area contributed by atoms with Gasteiger partial charge in [0.1, 0.15) is 13.2 Å². The molecule has 0 radical (unpaired) electrons. The predicted molar refractivity (Wildman–Crippen MR) is 256 cm³/mol. The van der Waals surface area contributed by atoms with Crippen LogP contribution < -0.4 is 10.2 Å². The minimum Gasteiger partial charge on any atom is -0.756 e. The van der Waals surface area contributed by atoms with E-state index in [0.717, 1.165) is 77.0 Å². The third-order valence-corrected chi connectivity index (χ3v) is 11.7. The fourth-order valence-corrected chi connectivity index (χ4v) is 7.61. The van der Waals surface area contributed by atoms with Gasteiger partial charge < -0.3 is 28.8 Å². The van der Waals surface area contributed by atoms with E-state index in [1.54, 1.807) is 0 Å². The maximum absolute atomic E-state index is 12.9. The van der Waals surface area contributed by atoms with E-state index in [1.165, 1.54) is 103 Å². The van der Waals surface area contributed by atoms with E-state index in [4.69, 9.17) is 9.05 Å². The summed E-state index contributed by atoms with van der Waals surface area (Å²) in [6.07, 6.45) is 55.1. The molecule has 0 aromatic carbocycles. The Labute approximate surface area is 371 Å². The van der Waals surface area contributed by atoms with Crippen LogP contribution in [0.15, 0.2) is 60.8 Å². The minimum atomic E-state index is -4.58. The van der Waals surface area contributed by atoms with Gasteiger partial charge in [-0.3, -0.25) is 9.36 Å². The number of allylic oxidation sites excluding steroid dienone is 10. The average molecular weight is 863 g/mol. The van der Waals surface area contributed by atoms with Crippen molar-refractivity contribution in [2.45, 2.75) is 219 Å². The van der Waals surface area contributed by atoms with Crippen molar-refractivity contribution in [3.8, 4) is 0 Å². The monoisotopic (exact) mass is 863 g/mol. The molecule has 8 nitrogen and oxygen atoms in total. The Balaban J connectivity index is 4.37. The molecule has 0 saturated heterocycles. The van der Waals surface area contributed by atoms with Crippen molar-refractivity contribution < 1.29 is 32.9 Å². The first-order valence-electron chi connectivity index (χ1n) is 24.6. The lowest BCUT2D eigenvalue weighted by atomic mass is 10.0. The second-order valence-corrected chi connectivity index (χ2v) is 19.2. The summed E-state index contributed by atoms with van der Waals surface area (Å²) in [6.45, 7) is 4.58. The van der Waals surface area contributed by atoms with Crippen molar-refractivity contribution in [3.63, 3.8) is 0 Å². The Morgan fingerprint density at radius 2 is 1.02 bits per heavy atom. The van der Waals surface area contributed by atoms with Crippen molar-refractivity contribution in [2.24, 2.45) is 0 Å². The first kappa shape index (κ1) is 58.2. The van der Waals surface area contributed by atoms with Crippen LogP contribution in [0.3, 0.4) is 0 Å². The summed E-state index contributed by atoms with van der Waals surface area (Å²) in [4.78, 5) is 25.4. The number of nitrogens with zero attached hydrogens (tertiary/aromatic N) is 1. The highest BCUT2D eigenvalue weighted by Gasteiger charge is 2.24. The van der Waals surface area contributed by atoms with Crippen molar-refractivity contribution >= 4 is 13.7 Å². The molecule has 0 aliphatic rings. The summed E-state index contributed by atoms with van der Waals surface area (Å²) in [5, 5.41) is 13.9. The summed E-state index contributed by atoms with van der Waals surface area (Å²) < 4.78 is 23.3. The summed E-state index contributed by atoms with van der Waals surface area (Å²) >= 11 is 0. The van der Waals surface area contributed by atoms with Crippen LogP contribution in [0.5, 0.6) is 0 Å². The van der Waals surface area contributed by atoms with E-state index < -0.39 is 20.0 Å². The molecule has 2 N–H and O–H groups in total. The topological polar surface area (TPSA) is 108 Å². The first-order valence-corrected chi connectivity index (χ1v) is 26.1. The lowest BCUT2D eigenvalue weighted by Gasteiger charge is -2.30. The van der Waals surface area contributed by atoms with Gasteiger partial charge in [-0.1, -0.05) is 203 Å². The van der Waals surface area contributed by atoms with Crippen molar-refractivity contribution in [1.29, 1.82) is 0 Å². The Kier molecular flexibility index (Phi) is 41.2. The number of aliphatic hydroxyl groups is 1. The maximum Gasteiger partial charge on any atom is 0.268 e. The van der Waals surface area contributed by atoms with Gasteiger partial charge in [-0.2, -0.15) is 0 Å². The fraction of sp³-hybridized carbons (Fsp3) is 0.784. The van der Waals surface area contributed by atoms with Gasteiger partial charge in [-0.15, -0.1) is 0 Å². The van der Waals surface area contributed by atoms with Gasteiger partial charge in [0, 0.05) is 6.42 Å². The van der Waals surface area contributed by atoms with Crippen LogP contribution in [0.4, 0.5) is 0 Å².